The van der Waals surface area contributed by atoms with Crippen LogP contribution in [-0.4, -0.2) is 29.9 Å². The Morgan fingerprint density at radius 1 is 1.14 bits per heavy atom. The lowest BCUT2D eigenvalue weighted by atomic mass is 10.1. The fraction of sp³-hybridized carbons (Fsp3) is 0.182. The number of benzene rings is 3. The molecule has 3 rings (SSSR count). The topological polar surface area (TPSA) is 80.2 Å². The fourth-order valence-corrected chi connectivity index (χ4v) is 2.69. The van der Waals surface area contributed by atoms with Crippen LogP contribution in [0.3, 0.4) is 0 Å². The van der Waals surface area contributed by atoms with E-state index in [9.17, 15) is 9.90 Å². The molecule has 28 heavy (non-hydrogen) atoms. The number of phenolic OH excluding ortho intramolecular Hbond substituents is 1. The van der Waals surface area contributed by atoms with Crippen LogP contribution in [0.2, 0.25) is 0 Å². The molecule has 0 spiro atoms. The Hall–Kier alpha value is -3.54. The van der Waals surface area contributed by atoms with Gasteiger partial charge in [-0.1, -0.05) is 36.4 Å². The smallest absolute Gasteiger partial charge is 0.280 e. The largest absolute Gasteiger partial charge is 0.504 e. The van der Waals surface area contributed by atoms with Gasteiger partial charge in [0, 0.05) is 5.39 Å². The van der Waals surface area contributed by atoms with Crippen molar-refractivity contribution in [2.24, 2.45) is 5.10 Å². The Labute approximate surface area is 163 Å². The Bertz CT molecular complexity index is 995. The van der Waals surface area contributed by atoms with Gasteiger partial charge in [-0.05, 0) is 49.1 Å². The highest BCUT2D eigenvalue weighted by Gasteiger charge is 2.15. The first-order valence-electron chi connectivity index (χ1n) is 9.01. The van der Waals surface area contributed by atoms with Crippen LogP contribution in [0.5, 0.6) is 17.2 Å². The molecule has 2 N–H and O–H groups in total. The molecule has 0 aliphatic carbocycles. The van der Waals surface area contributed by atoms with Crippen molar-refractivity contribution in [2.45, 2.75) is 20.0 Å². The molecule has 0 unspecified atom stereocenters. The van der Waals surface area contributed by atoms with E-state index in [4.69, 9.17) is 9.47 Å². The number of amides is 1. The summed E-state index contributed by atoms with van der Waals surface area (Å²) in [6.45, 7) is 3.94. The predicted octanol–water partition coefficient (Wildman–Crippen LogP) is 3.86. The average Bonchev–Trinajstić information content (AvgIpc) is 2.70. The number of fused-ring (bicyclic) bond motifs is 1. The van der Waals surface area contributed by atoms with Crippen LogP contribution in [0.1, 0.15) is 19.4 Å². The second kappa shape index (κ2) is 8.90. The van der Waals surface area contributed by atoms with Crippen LogP contribution >= 0.6 is 0 Å². The highest BCUT2D eigenvalue weighted by atomic mass is 16.5. The van der Waals surface area contributed by atoms with E-state index in [2.05, 4.69) is 10.5 Å². The van der Waals surface area contributed by atoms with Crippen LogP contribution in [0, 0.1) is 0 Å². The van der Waals surface area contributed by atoms with Crippen LogP contribution in [0.25, 0.3) is 10.8 Å². The monoisotopic (exact) mass is 378 g/mol. The molecule has 0 fully saturated rings. The molecule has 0 saturated carbocycles. The van der Waals surface area contributed by atoms with E-state index >= 15 is 0 Å². The highest BCUT2D eigenvalue weighted by molar-refractivity contribution is 5.89. The molecule has 0 saturated heterocycles. The minimum Gasteiger partial charge on any atom is -0.504 e. The number of nitrogens with one attached hydrogen (secondary N) is 1. The summed E-state index contributed by atoms with van der Waals surface area (Å²) in [5, 5.41) is 15.7. The summed E-state index contributed by atoms with van der Waals surface area (Å²) in [7, 11) is 0. The van der Waals surface area contributed by atoms with E-state index in [1.807, 2.05) is 49.4 Å². The Morgan fingerprint density at radius 2 is 1.93 bits per heavy atom. The summed E-state index contributed by atoms with van der Waals surface area (Å²) in [6.07, 6.45) is 0.756. The van der Waals surface area contributed by atoms with Crippen molar-refractivity contribution in [1.82, 2.24) is 5.43 Å². The molecule has 3 aromatic rings. The second-order valence-corrected chi connectivity index (χ2v) is 6.13. The van der Waals surface area contributed by atoms with Gasteiger partial charge in [0.05, 0.1) is 12.8 Å². The molecule has 0 heterocycles. The van der Waals surface area contributed by atoms with E-state index in [1.165, 1.54) is 12.3 Å². The van der Waals surface area contributed by atoms with E-state index in [-0.39, 0.29) is 11.7 Å². The molecular formula is C22H22N2O4. The lowest BCUT2D eigenvalue weighted by Crippen LogP contribution is -2.33. The van der Waals surface area contributed by atoms with Crippen LogP contribution in [0.15, 0.2) is 65.8 Å². The zero-order chi connectivity index (χ0) is 19.9. The lowest BCUT2D eigenvalue weighted by Gasteiger charge is -2.14. The number of hydrogen-bond donors (Lipinski definition) is 2. The number of hydrazone groups is 1. The average molecular weight is 378 g/mol. The van der Waals surface area contributed by atoms with Crippen molar-refractivity contribution in [2.75, 3.05) is 6.61 Å². The van der Waals surface area contributed by atoms with Crippen molar-refractivity contribution >= 4 is 22.9 Å². The van der Waals surface area contributed by atoms with Crippen LogP contribution in [-0.2, 0) is 4.79 Å². The van der Waals surface area contributed by atoms with Gasteiger partial charge < -0.3 is 14.6 Å². The minimum atomic E-state index is -0.721. The highest BCUT2D eigenvalue weighted by Crippen LogP contribution is 2.27. The minimum absolute atomic E-state index is 0.0557. The van der Waals surface area contributed by atoms with Gasteiger partial charge in [0.15, 0.2) is 17.6 Å². The van der Waals surface area contributed by atoms with Gasteiger partial charge in [-0.15, -0.1) is 0 Å². The second-order valence-electron chi connectivity index (χ2n) is 6.13. The van der Waals surface area contributed by atoms with Crippen molar-refractivity contribution < 1.29 is 19.4 Å². The first-order valence-corrected chi connectivity index (χ1v) is 9.01. The number of carbonyl (C=O) groups is 1. The zero-order valence-corrected chi connectivity index (χ0v) is 15.8. The summed E-state index contributed by atoms with van der Waals surface area (Å²) in [4.78, 5) is 12.3. The molecular weight excluding hydrogens is 356 g/mol. The summed E-state index contributed by atoms with van der Waals surface area (Å²) in [5.74, 6) is 0.697. The van der Waals surface area contributed by atoms with Gasteiger partial charge in [0.1, 0.15) is 5.75 Å². The number of nitrogens with zero attached hydrogens (tertiary/aromatic N) is 1. The van der Waals surface area contributed by atoms with Crippen molar-refractivity contribution in [3.8, 4) is 17.2 Å². The lowest BCUT2D eigenvalue weighted by molar-refractivity contribution is -0.127. The SMILES string of the molecule is CCOc1cc(/C=N\NC(=O)[C@@H](C)Oc2cccc3ccccc23)ccc1O. The first-order chi connectivity index (χ1) is 13.6. The van der Waals surface area contributed by atoms with Gasteiger partial charge in [-0.3, -0.25) is 4.79 Å². The molecule has 0 aliphatic rings. The normalized spacial score (nSPS) is 12.1. The van der Waals surface area contributed by atoms with Gasteiger partial charge in [0.2, 0.25) is 0 Å². The van der Waals surface area contributed by atoms with E-state index in [0.717, 1.165) is 10.8 Å². The van der Waals surface area contributed by atoms with Gasteiger partial charge in [0.25, 0.3) is 5.91 Å². The standard InChI is InChI=1S/C22H22N2O4/c1-3-27-21-13-16(11-12-19(21)25)14-23-24-22(26)15(2)28-20-10-6-8-17-7-4-5-9-18(17)20/h4-15,25H,3H2,1-2H3,(H,24,26)/b23-14-/t15-/m1/s1. The number of carbonyl (C=O) groups excluding carboxylic acids is 1. The van der Waals surface area contributed by atoms with Crippen molar-refractivity contribution in [3.05, 3.63) is 66.2 Å². The summed E-state index contributed by atoms with van der Waals surface area (Å²) < 4.78 is 11.1. The molecule has 1 atom stereocenters. The molecule has 0 aromatic heterocycles. The number of hydrogen-bond acceptors (Lipinski definition) is 5. The maximum absolute atomic E-state index is 12.3. The fourth-order valence-electron chi connectivity index (χ4n) is 2.69. The first kappa shape index (κ1) is 19.2. The molecule has 0 bridgehead atoms. The maximum atomic E-state index is 12.3. The summed E-state index contributed by atoms with van der Waals surface area (Å²) in [6, 6.07) is 18.4. The number of ether oxygens (including phenoxy) is 2. The molecule has 1 amide bonds. The molecule has 6 heteroatoms. The van der Waals surface area contributed by atoms with Gasteiger partial charge >= 0.3 is 0 Å². The van der Waals surface area contributed by atoms with Gasteiger partial charge in [-0.25, -0.2) is 5.43 Å². The Kier molecular flexibility index (Phi) is 6.11. The molecule has 0 radical (unpaired) electrons. The predicted molar refractivity (Wildman–Crippen MR) is 109 cm³/mol. The van der Waals surface area contributed by atoms with Crippen LogP contribution in [0.4, 0.5) is 0 Å². The zero-order valence-electron chi connectivity index (χ0n) is 15.8. The number of phenols is 1. The maximum Gasteiger partial charge on any atom is 0.280 e. The molecule has 6 nitrogen and oxygen atoms in total. The number of rotatable bonds is 7. The van der Waals surface area contributed by atoms with Gasteiger partial charge in [-0.2, -0.15) is 5.10 Å². The Balaban J connectivity index is 1.63. The van der Waals surface area contributed by atoms with Crippen LogP contribution < -0.4 is 14.9 Å². The molecule has 0 aliphatic heterocycles. The molecule has 3 aromatic carbocycles. The van der Waals surface area contributed by atoms with Crippen molar-refractivity contribution in [1.29, 1.82) is 0 Å². The summed E-state index contributed by atoms with van der Waals surface area (Å²) in [5.41, 5.74) is 3.15. The number of aromatic hydroxyl groups is 1. The van der Waals surface area contributed by atoms with E-state index < -0.39 is 6.10 Å². The molecule has 144 valence electrons. The third-order valence-electron chi connectivity index (χ3n) is 4.09. The third-order valence-corrected chi connectivity index (χ3v) is 4.09. The third kappa shape index (κ3) is 4.59. The van der Waals surface area contributed by atoms with E-state index in [1.54, 1.807) is 19.1 Å². The van der Waals surface area contributed by atoms with Crippen molar-refractivity contribution in [3.63, 3.8) is 0 Å². The van der Waals surface area contributed by atoms with E-state index in [0.29, 0.717) is 23.7 Å². The quantitative estimate of drug-likeness (QED) is 0.483. The Morgan fingerprint density at radius 3 is 2.75 bits per heavy atom. The summed E-state index contributed by atoms with van der Waals surface area (Å²) >= 11 is 0.